The molecule has 9 heteroatoms. The summed E-state index contributed by atoms with van der Waals surface area (Å²) in [5, 5.41) is 1.82. The van der Waals surface area contributed by atoms with E-state index < -0.39 is 22.6 Å². The van der Waals surface area contributed by atoms with Crippen molar-refractivity contribution in [3.63, 3.8) is 0 Å². The van der Waals surface area contributed by atoms with E-state index >= 15 is 0 Å². The number of hydrogen-bond acceptors (Lipinski definition) is 6. The average Bonchev–Trinajstić information content (AvgIpc) is 3.32. The van der Waals surface area contributed by atoms with Gasteiger partial charge in [0.2, 0.25) is 10.0 Å². The second-order valence-electron chi connectivity index (χ2n) is 6.88. The van der Waals surface area contributed by atoms with E-state index in [1.54, 1.807) is 18.2 Å². The molecule has 1 aliphatic rings. The first-order chi connectivity index (χ1) is 14.4. The molecule has 1 aliphatic heterocycles. The minimum Gasteiger partial charge on any atom is -0.472 e. The van der Waals surface area contributed by atoms with Gasteiger partial charge in [0.25, 0.3) is 5.91 Å². The molecule has 1 fully saturated rings. The monoisotopic (exact) mass is 428 g/mol. The van der Waals surface area contributed by atoms with Gasteiger partial charge < -0.3 is 14.1 Å². The van der Waals surface area contributed by atoms with Crippen molar-refractivity contribution in [1.82, 2.24) is 9.21 Å². The van der Waals surface area contributed by atoms with E-state index in [4.69, 9.17) is 9.15 Å². The number of rotatable bonds is 5. The summed E-state index contributed by atoms with van der Waals surface area (Å²) in [5.74, 6) is -1.01. The van der Waals surface area contributed by atoms with Crippen molar-refractivity contribution in [3.8, 4) is 0 Å². The molecule has 8 nitrogen and oxygen atoms in total. The van der Waals surface area contributed by atoms with Gasteiger partial charge in [-0.1, -0.05) is 30.3 Å². The predicted molar refractivity (Wildman–Crippen MR) is 108 cm³/mol. The minimum absolute atomic E-state index is 0.177. The summed E-state index contributed by atoms with van der Waals surface area (Å²) in [7, 11) is -3.66. The lowest BCUT2D eigenvalue weighted by molar-refractivity contribution is -0.135. The summed E-state index contributed by atoms with van der Waals surface area (Å²) >= 11 is 0. The zero-order valence-corrected chi connectivity index (χ0v) is 16.9. The lowest BCUT2D eigenvalue weighted by Gasteiger charge is -2.33. The highest BCUT2D eigenvalue weighted by atomic mass is 32.2. The van der Waals surface area contributed by atoms with Gasteiger partial charge in [-0.15, -0.1) is 0 Å². The maximum absolute atomic E-state index is 13.0. The molecule has 3 aromatic rings. The van der Waals surface area contributed by atoms with Crippen LogP contribution in [-0.4, -0.2) is 62.3 Å². The van der Waals surface area contributed by atoms with Gasteiger partial charge in [-0.2, -0.15) is 4.31 Å². The molecule has 2 aromatic carbocycles. The Morgan fingerprint density at radius 3 is 2.40 bits per heavy atom. The third-order valence-corrected chi connectivity index (χ3v) is 6.93. The fraction of sp³-hybridized carbons (Fsp3) is 0.238. The van der Waals surface area contributed by atoms with E-state index in [1.165, 1.54) is 27.8 Å². The quantitative estimate of drug-likeness (QED) is 0.578. The van der Waals surface area contributed by atoms with Gasteiger partial charge >= 0.3 is 5.97 Å². The van der Waals surface area contributed by atoms with Crippen molar-refractivity contribution in [1.29, 1.82) is 0 Å². The van der Waals surface area contributed by atoms with E-state index in [9.17, 15) is 18.0 Å². The van der Waals surface area contributed by atoms with Crippen molar-refractivity contribution >= 4 is 32.7 Å². The fourth-order valence-corrected chi connectivity index (χ4v) is 4.80. The number of esters is 1. The topological polar surface area (TPSA) is 97.1 Å². The molecule has 1 aromatic heterocycles. The third kappa shape index (κ3) is 4.07. The largest absolute Gasteiger partial charge is 0.472 e. The first-order valence-corrected chi connectivity index (χ1v) is 10.9. The van der Waals surface area contributed by atoms with Crippen molar-refractivity contribution in [2.75, 3.05) is 32.8 Å². The Balaban J connectivity index is 1.36. The van der Waals surface area contributed by atoms with Gasteiger partial charge in [0.15, 0.2) is 6.61 Å². The Hall–Kier alpha value is -3.17. The molecule has 0 bridgehead atoms. The molecule has 0 radical (unpaired) electrons. The number of ether oxygens (including phenoxy) is 1. The van der Waals surface area contributed by atoms with Crippen molar-refractivity contribution in [3.05, 3.63) is 66.6 Å². The van der Waals surface area contributed by atoms with Crippen molar-refractivity contribution < 1.29 is 27.2 Å². The second-order valence-corrected chi connectivity index (χ2v) is 8.82. The molecule has 0 saturated carbocycles. The smallest absolute Gasteiger partial charge is 0.341 e. The summed E-state index contributed by atoms with van der Waals surface area (Å²) in [6, 6.07) is 14.1. The standard InChI is InChI=1S/C21H20N2O6S/c24-20(15-29-21(25)18-7-12-28-14-18)22-8-10-23(11-9-22)30(26,27)19-6-5-16-3-1-2-4-17(16)13-19/h1-7,12-14H,8-11,15H2. The molecule has 30 heavy (non-hydrogen) atoms. The van der Waals surface area contributed by atoms with Crippen LogP contribution in [0.5, 0.6) is 0 Å². The fourth-order valence-electron chi connectivity index (χ4n) is 3.34. The SMILES string of the molecule is O=C(OCC(=O)N1CCN(S(=O)(=O)c2ccc3ccccc3c2)CC1)c1ccoc1. The average molecular weight is 428 g/mol. The van der Waals surface area contributed by atoms with Crippen LogP contribution in [0.4, 0.5) is 0 Å². The van der Waals surface area contributed by atoms with Gasteiger partial charge in [0, 0.05) is 26.2 Å². The molecule has 0 aliphatic carbocycles. The number of sulfonamides is 1. The Bertz CT molecular complexity index is 1170. The summed E-state index contributed by atoms with van der Waals surface area (Å²) in [6.45, 7) is 0.415. The van der Waals surface area contributed by atoms with Crippen LogP contribution in [0.3, 0.4) is 0 Å². The van der Waals surface area contributed by atoms with Crippen molar-refractivity contribution in [2.45, 2.75) is 4.90 Å². The number of hydrogen-bond donors (Lipinski definition) is 0. The molecule has 0 N–H and O–H groups in total. The zero-order valence-electron chi connectivity index (χ0n) is 16.1. The summed E-state index contributed by atoms with van der Waals surface area (Å²) in [5.41, 5.74) is 0.231. The van der Waals surface area contributed by atoms with Crippen LogP contribution in [0.2, 0.25) is 0 Å². The Morgan fingerprint density at radius 2 is 1.70 bits per heavy atom. The number of benzene rings is 2. The van der Waals surface area contributed by atoms with Gasteiger partial charge in [-0.05, 0) is 29.0 Å². The Labute approximate surface area is 173 Å². The molecule has 156 valence electrons. The van der Waals surface area contributed by atoms with Crippen molar-refractivity contribution in [2.24, 2.45) is 0 Å². The third-order valence-electron chi connectivity index (χ3n) is 5.03. The molecule has 4 rings (SSSR count). The number of amides is 1. The van der Waals surface area contributed by atoms with Crippen LogP contribution in [0, 0.1) is 0 Å². The highest BCUT2D eigenvalue weighted by molar-refractivity contribution is 7.89. The number of piperazine rings is 1. The lowest BCUT2D eigenvalue weighted by Crippen LogP contribution is -2.51. The van der Waals surface area contributed by atoms with Crippen LogP contribution in [0.1, 0.15) is 10.4 Å². The van der Waals surface area contributed by atoms with E-state index in [-0.39, 0.29) is 42.5 Å². The van der Waals surface area contributed by atoms with Gasteiger partial charge in [0.1, 0.15) is 6.26 Å². The van der Waals surface area contributed by atoms with E-state index in [2.05, 4.69) is 0 Å². The van der Waals surface area contributed by atoms with Gasteiger partial charge in [0.05, 0.1) is 16.7 Å². The van der Waals surface area contributed by atoms with Gasteiger partial charge in [-0.25, -0.2) is 13.2 Å². The first-order valence-electron chi connectivity index (χ1n) is 9.41. The van der Waals surface area contributed by atoms with Crippen LogP contribution in [0.25, 0.3) is 10.8 Å². The molecular weight excluding hydrogens is 408 g/mol. The van der Waals surface area contributed by atoms with E-state index in [0.29, 0.717) is 0 Å². The highest BCUT2D eigenvalue weighted by Crippen LogP contribution is 2.23. The molecule has 0 unspecified atom stereocenters. The molecular formula is C21H20N2O6S. The highest BCUT2D eigenvalue weighted by Gasteiger charge is 2.30. The number of nitrogens with zero attached hydrogens (tertiary/aromatic N) is 2. The van der Waals surface area contributed by atoms with Crippen LogP contribution in [0.15, 0.2) is 70.4 Å². The number of furan rings is 1. The molecule has 0 spiro atoms. The molecule has 1 amide bonds. The second kappa shape index (κ2) is 8.29. The Morgan fingerprint density at radius 1 is 0.967 bits per heavy atom. The Kier molecular flexibility index (Phi) is 5.56. The van der Waals surface area contributed by atoms with Crippen LogP contribution < -0.4 is 0 Å². The predicted octanol–water partition coefficient (Wildman–Crippen LogP) is 2.12. The normalized spacial score (nSPS) is 15.3. The van der Waals surface area contributed by atoms with Crippen LogP contribution >= 0.6 is 0 Å². The number of fused-ring (bicyclic) bond motifs is 1. The first kappa shape index (κ1) is 20.1. The number of carbonyl (C=O) groups is 2. The van der Waals surface area contributed by atoms with E-state index in [1.807, 2.05) is 24.3 Å². The number of carbonyl (C=O) groups excluding carboxylic acids is 2. The molecule has 0 atom stereocenters. The van der Waals surface area contributed by atoms with Crippen LogP contribution in [-0.2, 0) is 19.6 Å². The maximum Gasteiger partial charge on any atom is 0.341 e. The lowest BCUT2D eigenvalue weighted by atomic mass is 10.1. The van der Waals surface area contributed by atoms with E-state index in [0.717, 1.165) is 10.8 Å². The molecule has 1 saturated heterocycles. The van der Waals surface area contributed by atoms with Gasteiger partial charge in [-0.3, -0.25) is 4.79 Å². The summed E-state index contributed by atoms with van der Waals surface area (Å²) in [6.07, 6.45) is 2.58. The summed E-state index contributed by atoms with van der Waals surface area (Å²) in [4.78, 5) is 25.8. The maximum atomic E-state index is 13.0. The minimum atomic E-state index is -3.66. The molecule has 2 heterocycles. The summed E-state index contributed by atoms with van der Waals surface area (Å²) < 4.78 is 37.2. The zero-order chi connectivity index (χ0) is 21.1.